The molecule has 0 amide bonds. The molecule has 26 heavy (non-hydrogen) atoms. The molecule has 0 bridgehead atoms. The fraction of sp³-hybridized carbons (Fsp3) is 0.364. The Morgan fingerprint density at radius 3 is 2.15 bits per heavy atom. The zero-order valence-corrected chi connectivity index (χ0v) is 15.0. The van der Waals surface area contributed by atoms with Crippen LogP contribution >= 0.6 is 0 Å². The normalized spacial score (nSPS) is 13.7. The van der Waals surface area contributed by atoms with Crippen LogP contribution in [0.1, 0.15) is 49.7 Å². The number of rotatable bonds is 8. The summed E-state index contributed by atoms with van der Waals surface area (Å²) in [5, 5.41) is 9.28. The first-order valence-electron chi connectivity index (χ1n) is 9.18. The molecule has 0 aliphatic heterocycles. The van der Waals surface area contributed by atoms with Crippen LogP contribution < -0.4 is 0 Å². The molecule has 1 N–H and O–H groups in total. The lowest BCUT2D eigenvalue weighted by Crippen LogP contribution is -2.21. The Kier molecular flexibility index (Phi) is 5.71. The van der Waals surface area contributed by atoms with Crippen LogP contribution in [-0.2, 0) is 14.3 Å². The van der Waals surface area contributed by atoms with E-state index in [0.29, 0.717) is 6.42 Å². The third-order valence-corrected chi connectivity index (χ3v) is 5.04. The van der Waals surface area contributed by atoms with Gasteiger partial charge in [0.05, 0.1) is 12.3 Å². The van der Waals surface area contributed by atoms with Crippen LogP contribution in [0.15, 0.2) is 48.5 Å². The van der Waals surface area contributed by atoms with Gasteiger partial charge in [-0.3, -0.25) is 9.59 Å². The Bertz CT molecular complexity index is 751. The van der Waals surface area contributed by atoms with Crippen LogP contribution in [0.25, 0.3) is 11.1 Å². The average Bonchev–Trinajstić information content (AvgIpc) is 2.97. The van der Waals surface area contributed by atoms with E-state index in [-0.39, 0.29) is 18.9 Å². The van der Waals surface area contributed by atoms with Crippen molar-refractivity contribution in [2.75, 3.05) is 6.61 Å². The Balaban J connectivity index is 1.68. The number of carbonyl (C=O) groups excluding carboxylic acids is 1. The fourth-order valence-electron chi connectivity index (χ4n) is 3.64. The summed E-state index contributed by atoms with van der Waals surface area (Å²) in [6.45, 7) is 2.25. The van der Waals surface area contributed by atoms with Gasteiger partial charge in [-0.1, -0.05) is 68.3 Å². The highest BCUT2D eigenvalue weighted by Gasteiger charge is 2.29. The van der Waals surface area contributed by atoms with Crippen LogP contribution in [0.5, 0.6) is 0 Å². The predicted molar refractivity (Wildman–Crippen MR) is 99.9 cm³/mol. The number of ether oxygens (including phenoxy) is 1. The van der Waals surface area contributed by atoms with Crippen molar-refractivity contribution in [2.45, 2.75) is 38.5 Å². The maximum absolute atomic E-state index is 12.2. The molecule has 0 spiro atoms. The molecule has 136 valence electrons. The second-order valence-electron chi connectivity index (χ2n) is 6.79. The van der Waals surface area contributed by atoms with Crippen molar-refractivity contribution >= 4 is 11.9 Å². The molecule has 4 nitrogen and oxygen atoms in total. The molecule has 0 fully saturated rings. The lowest BCUT2D eigenvalue weighted by Gasteiger charge is -2.16. The summed E-state index contributed by atoms with van der Waals surface area (Å²) in [6.07, 6.45) is 2.16. The number of hydrogen-bond donors (Lipinski definition) is 1. The first-order chi connectivity index (χ1) is 12.6. The van der Waals surface area contributed by atoms with Gasteiger partial charge < -0.3 is 9.84 Å². The number of aliphatic carboxylic acids is 1. The van der Waals surface area contributed by atoms with Gasteiger partial charge in [-0.05, 0) is 28.7 Å². The molecule has 2 aromatic rings. The highest BCUT2D eigenvalue weighted by Crippen LogP contribution is 2.44. The van der Waals surface area contributed by atoms with Gasteiger partial charge in [-0.15, -0.1) is 0 Å². The SMILES string of the molecule is CCCC[C@@H](CC(=O)OCC1c2ccccc2-c2ccccc21)C(=O)O. The number of carboxylic acid groups (broad SMARTS) is 1. The molecule has 1 atom stereocenters. The Morgan fingerprint density at radius 1 is 1.04 bits per heavy atom. The van der Waals surface area contributed by atoms with E-state index in [1.807, 2.05) is 31.2 Å². The summed E-state index contributed by atoms with van der Waals surface area (Å²) >= 11 is 0. The molecule has 1 aliphatic rings. The van der Waals surface area contributed by atoms with Crippen molar-refractivity contribution in [3.63, 3.8) is 0 Å². The molecule has 0 saturated carbocycles. The monoisotopic (exact) mass is 352 g/mol. The first kappa shape index (κ1) is 18.2. The Labute approximate surface area is 153 Å². The van der Waals surface area contributed by atoms with E-state index in [1.165, 1.54) is 11.1 Å². The third kappa shape index (κ3) is 3.79. The molecule has 1 aliphatic carbocycles. The van der Waals surface area contributed by atoms with E-state index in [4.69, 9.17) is 4.74 Å². The number of carboxylic acids is 1. The van der Waals surface area contributed by atoms with Gasteiger partial charge in [0.15, 0.2) is 0 Å². The van der Waals surface area contributed by atoms with Gasteiger partial charge >= 0.3 is 11.9 Å². The number of carbonyl (C=O) groups is 2. The maximum atomic E-state index is 12.2. The molecule has 0 unspecified atom stereocenters. The van der Waals surface area contributed by atoms with E-state index in [0.717, 1.165) is 24.0 Å². The summed E-state index contributed by atoms with van der Waals surface area (Å²) in [5.41, 5.74) is 4.66. The van der Waals surface area contributed by atoms with Gasteiger partial charge in [0.25, 0.3) is 0 Å². The molecule has 0 heterocycles. The van der Waals surface area contributed by atoms with E-state index in [9.17, 15) is 14.7 Å². The molecule has 4 heteroatoms. The van der Waals surface area contributed by atoms with Gasteiger partial charge in [-0.25, -0.2) is 0 Å². The van der Waals surface area contributed by atoms with Crippen molar-refractivity contribution in [3.05, 3.63) is 59.7 Å². The standard InChI is InChI=1S/C22H24O4/c1-2-3-8-15(22(24)25)13-21(23)26-14-20-18-11-6-4-9-16(18)17-10-5-7-12-19(17)20/h4-7,9-12,15,20H,2-3,8,13-14H2,1H3,(H,24,25)/t15-/m0/s1. The second kappa shape index (κ2) is 8.17. The van der Waals surface area contributed by atoms with Gasteiger partial charge in [0, 0.05) is 5.92 Å². The van der Waals surface area contributed by atoms with Crippen molar-refractivity contribution in [1.29, 1.82) is 0 Å². The third-order valence-electron chi connectivity index (χ3n) is 5.04. The summed E-state index contributed by atoms with van der Waals surface area (Å²) in [5.74, 6) is -2.02. The van der Waals surface area contributed by atoms with E-state index in [2.05, 4.69) is 24.3 Å². The first-order valence-corrected chi connectivity index (χ1v) is 9.18. The van der Waals surface area contributed by atoms with Crippen molar-refractivity contribution in [3.8, 4) is 11.1 Å². The van der Waals surface area contributed by atoms with Gasteiger partial charge in [-0.2, -0.15) is 0 Å². The summed E-state index contributed by atoms with van der Waals surface area (Å²) in [4.78, 5) is 23.5. The van der Waals surface area contributed by atoms with Gasteiger partial charge in [0.1, 0.15) is 6.61 Å². The predicted octanol–water partition coefficient (Wildman–Crippen LogP) is 4.62. The van der Waals surface area contributed by atoms with E-state index < -0.39 is 17.9 Å². The average molecular weight is 352 g/mol. The van der Waals surface area contributed by atoms with E-state index >= 15 is 0 Å². The minimum Gasteiger partial charge on any atom is -0.481 e. The molecule has 2 aromatic carbocycles. The summed E-state index contributed by atoms with van der Waals surface area (Å²) < 4.78 is 5.50. The molecular weight excluding hydrogens is 328 g/mol. The minimum atomic E-state index is -0.924. The number of benzene rings is 2. The quantitative estimate of drug-likeness (QED) is 0.704. The highest BCUT2D eigenvalue weighted by atomic mass is 16.5. The van der Waals surface area contributed by atoms with E-state index in [1.54, 1.807) is 0 Å². The summed E-state index contributed by atoms with van der Waals surface area (Å²) in [7, 11) is 0. The van der Waals surface area contributed by atoms with Crippen LogP contribution in [0.3, 0.4) is 0 Å². The molecule has 0 saturated heterocycles. The zero-order chi connectivity index (χ0) is 18.5. The van der Waals surface area contributed by atoms with Crippen LogP contribution in [-0.4, -0.2) is 23.7 Å². The zero-order valence-electron chi connectivity index (χ0n) is 15.0. The van der Waals surface area contributed by atoms with Crippen molar-refractivity contribution in [2.24, 2.45) is 5.92 Å². The Hall–Kier alpha value is -2.62. The minimum absolute atomic E-state index is 0.00488. The van der Waals surface area contributed by atoms with Crippen LogP contribution in [0, 0.1) is 5.92 Å². The maximum Gasteiger partial charge on any atom is 0.307 e. The lowest BCUT2D eigenvalue weighted by atomic mass is 9.97. The van der Waals surface area contributed by atoms with Crippen LogP contribution in [0.4, 0.5) is 0 Å². The van der Waals surface area contributed by atoms with Crippen LogP contribution in [0.2, 0.25) is 0 Å². The number of fused-ring (bicyclic) bond motifs is 3. The topological polar surface area (TPSA) is 63.6 Å². The Morgan fingerprint density at radius 2 is 1.62 bits per heavy atom. The second-order valence-corrected chi connectivity index (χ2v) is 6.79. The molecule has 0 radical (unpaired) electrons. The summed E-state index contributed by atoms with van der Waals surface area (Å²) in [6, 6.07) is 16.3. The highest BCUT2D eigenvalue weighted by molar-refractivity contribution is 5.80. The van der Waals surface area contributed by atoms with Crippen molar-refractivity contribution < 1.29 is 19.4 Å². The fourth-order valence-corrected chi connectivity index (χ4v) is 3.64. The molecular formula is C22H24O4. The van der Waals surface area contributed by atoms with Gasteiger partial charge in [0.2, 0.25) is 0 Å². The molecule has 0 aromatic heterocycles. The smallest absolute Gasteiger partial charge is 0.307 e. The van der Waals surface area contributed by atoms with Crippen molar-refractivity contribution in [1.82, 2.24) is 0 Å². The number of hydrogen-bond acceptors (Lipinski definition) is 3. The number of unbranched alkanes of at least 4 members (excludes halogenated alkanes) is 1. The number of esters is 1. The lowest BCUT2D eigenvalue weighted by molar-refractivity contribution is -0.152. The largest absolute Gasteiger partial charge is 0.481 e. The molecule has 3 rings (SSSR count).